The van der Waals surface area contributed by atoms with Crippen molar-refractivity contribution in [2.75, 3.05) is 13.2 Å². The second-order valence-corrected chi connectivity index (χ2v) is 6.29. The molecule has 1 aromatic heterocycles. The van der Waals surface area contributed by atoms with Gasteiger partial charge in [-0.2, -0.15) is 5.10 Å². The molecule has 0 saturated carbocycles. The topological polar surface area (TPSA) is 70.4 Å². The van der Waals surface area contributed by atoms with Gasteiger partial charge in [0.25, 0.3) is 0 Å². The molecule has 24 heavy (non-hydrogen) atoms. The smallest absolute Gasteiger partial charge is 0.318 e. The highest BCUT2D eigenvalue weighted by Gasteiger charge is 2.31. The monoisotopic (exact) mass is 328 g/mol. The lowest BCUT2D eigenvalue weighted by Gasteiger charge is -2.30. The minimum absolute atomic E-state index is 0.0226. The zero-order chi connectivity index (χ0) is 17.1. The summed E-state index contributed by atoms with van der Waals surface area (Å²) in [5.74, 6) is 0. The molecule has 1 aliphatic carbocycles. The Morgan fingerprint density at radius 3 is 3.00 bits per heavy atom. The fourth-order valence-corrected chi connectivity index (χ4v) is 3.38. The van der Waals surface area contributed by atoms with Crippen LogP contribution in [0.3, 0.4) is 0 Å². The Morgan fingerprint density at radius 2 is 2.29 bits per heavy atom. The van der Waals surface area contributed by atoms with E-state index in [1.165, 1.54) is 11.1 Å². The number of benzene rings is 1. The van der Waals surface area contributed by atoms with Crippen molar-refractivity contribution in [1.82, 2.24) is 20.0 Å². The third-order valence-corrected chi connectivity index (χ3v) is 4.64. The van der Waals surface area contributed by atoms with Gasteiger partial charge < -0.3 is 15.3 Å². The standard InChI is InChI=1S/C18H24N4O2/c1-13(15-11-19-21(2)12-15)20-18(24)22(9-10-23)17-8-7-14-5-3-4-6-16(14)17/h3-6,11-13,17,23H,7-10H2,1-2H3,(H,20,24). The Balaban J connectivity index is 1.75. The Bertz CT molecular complexity index is 713. The van der Waals surface area contributed by atoms with E-state index in [9.17, 15) is 9.90 Å². The van der Waals surface area contributed by atoms with Crippen molar-refractivity contribution < 1.29 is 9.90 Å². The van der Waals surface area contributed by atoms with E-state index in [4.69, 9.17) is 0 Å². The summed E-state index contributed by atoms with van der Waals surface area (Å²) in [5, 5.41) is 16.6. The maximum Gasteiger partial charge on any atom is 0.318 e. The van der Waals surface area contributed by atoms with Gasteiger partial charge in [0, 0.05) is 25.4 Å². The zero-order valence-corrected chi connectivity index (χ0v) is 14.1. The molecule has 1 aliphatic rings. The van der Waals surface area contributed by atoms with Crippen LogP contribution in [-0.4, -0.2) is 39.0 Å². The van der Waals surface area contributed by atoms with Crippen LogP contribution in [-0.2, 0) is 13.5 Å². The first-order chi connectivity index (χ1) is 11.6. The summed E-state index contributed by atoms with van der Waals surface area (Å²) in [5.41, 5.74) is 3.44. The van der Waals surface area contributed by atoms with Gasteiger partial charge >= 0.3 is 6.03 Å². The highest BCUT2D eigenvalue weighted by molar-refractivity contribution is 5.75. The summed E-state index contributed by atoms with van der Waals surface area (Å²) >= 11 is 0. The average molecular weight is 328 g/mol. The zero-order valence-electron chi connectivity index (χ0n) is 14.1. The van der Waals surface area contributed by atoms with Gasteiger partial charge in [-0.3, -0.25) is 4.68 Å². The average Bonchev–Trinajstić information content (AvgIpc) is 3.19. The van der Waals surface area contributed by atoms with Crippen LogP contribution in [0, 0.1) is 0 Å². The number of carbonyl (C=O) groups is 1. The fourth-order valence-electron chi connectivity index (χ4n) is 3.38. The van der Waals surface area contributed by atoms with E-state index in [1.54, 1.807) is 15.8 Å². The molecule has 2 aromatic rings. The van der Waals surface area contributed by atoms with Crippen LogP contribution >= 0.6 is 0 Å². The molecule has 1 aromatic carbocycles. The van der Waals surface area contributed by atoms with Crippen LogP contribution in [0.15, 0.2) is 36.7 Å². The van der Waals surface area contributed by atoms with Crippen molar-refractivity contribution in [3.63, 3.8) is 0 Å². The van der Waals surface area contributed by atoms with E-state index in [0.717, 1.165) is 18.4 Å². The number of fused-ring (bicyclic) bond motifs is 1. The summed E-state index contributed by atoms with van der Waals surface area (Å²) in [6, 6.07) is 7.96. The molecular formula is C18H24N4O2. The third kappa shape index (κ3) is 3.28. The van der Waals surface area contributed by atoms with Crippen molar-refractivity contribution in [1.29, 1.82) is 0 Å². The van der Waals surface area contributed by atoms with Crippen molar-refractivity contribution in [2.45, 2.75) is 31.8 Å². The van der Waals surface area contributed by atoms with E-state index in [2.05, 4.69) is 22.5 Å². The molecule has 0 spiro atoms. The molecule has 0 aliphatic heterocycles. The van der Waals surface area contributed by atoms with Crippen LogP contribution in [0.1, 0.15) is 42.1 Å². The van der Waals surface area contributed by atoms with Crippen molar-refractivity contribution >= 4 is 6.03 Å². The molecule has 0 bridgehead atoms. The number of rotatable bonds is 5. The fraction of sp³-hybridized carbons (Fsp3) is 0.444. The molecule has 1 heterocycles. The number of amides is 2. The van der Waals surface area contributed by atoms with Gasteiger partial charge in [-0.25, -0.2) is 4.79 Å². The molecule has 2 amide bonds. The summed E-state index contributed by atoms with van der Waals surface area (Å²) in [6.07, 6.45) is 5.51. The van der Waals surface area contributed by atoms with Crippen molar-refractivity contribution in [3.05, 3.63) is 53.3 Å². The van der Waals surface area contributed by atoms with E-state index >= 15 is 0 Å². The molecular weight excluding hydrogens is 304 g/mol. The Morgan fingerprint density at radius 1 is 1.50 bits per heavy atom. The minimum atomic E-state index is -0.151. The normalized spacial score (nSPS) is 17.4. The lowest BCUT2D eigenvalue weighted by atomic mass is 10.1. The second kappa shape index (κ2) is 7.05. The van der Waals surface area contributed by atoms with Crippen LogP contribution in [0.25, 0.3) is 0 Å². The third-order valence-electron chi connectivity index (χ3n) is 4.64. The molecule has 0 fully saturated rings. The summed E-state index contributed by atoms with van der Waals surface area (Å²) in [6.45, 7) is 2.21. The number of hydrogen-bond donors (Lipinski definition) is 2. The van der Waals surface area contributed by atoms with Gasteiger partial charge in [-0.1, -0.05) is 24.3 Å². The molecule has 2 N–H and O–H groups in total. The lowest BCUT2D eigenvalue weighted by Crippen LogP contribution is -2.44. The Hall–Kier alpha value is -2.34. The van der Waals surface area contributed by atoms with Gasteiger partial charge in [0.2, 0.25) is 0 Å². The molecule has 128 valence electrons. The van der Waals surface area contributed by atoms with Gasteiger partial charge in [0.05, 0.1) is 24.9 Å². The second-order valence-electron chi connectivity index (χ2n) is 6.29. The lowest BCUT2D eigenvalue weighted by molar-refractivity contribution is 0.149. The van der Waals surface area contributed by atoms with E-state index in [0.29, 0.717) is 6.54 Å². The summed E-state index contributed by atoms with van der Waals surface area (Å²) < 4.78 is 1.72. The number of aromatic nitrogens is 2. The Kier molecular flexibility index (Phi) is 4.85. The van der Waals surface area contributed by atoms with E-state index in [1.807, 2.05) is 32.3 Å². The molecule has 3 rings (SSSR count). The number of hydrogen-bond acceptors (Lipinski definition) is 3. The van der Waals surface area contributed by atoms with E-state index < -0.39 is 0 Å². The molecule has 6 heteroatoms. The van der Waals surface area contributed by atoms with Crippen LogP contribution < -0.4 is 5.32 Å². The number of aliphatic hydroxyl groups is 1. The van der Waals surface area contributed by atoms with Crippen molar-refractivity contribution in [3.8, 4) is 0 Å². The highest BCUT2D eigenvalue weighted by Crippen LogP contribution is 2.35. The number of aryl methyl sites for hydroxylation is 2. The van der Waals surface area contributed by atoms with Gasteiger partial charge in [0.15, 0.2) is 0 Å². The predicted molar refractivity (Wildman–Crippen MR) is 91.5 cm³/mol. The molecule has 0 saturated heterocycles. The first-order valence-electron chi connectivity index (χ1n) is 8.34. The number of nitrogens with zero attached hydrogens (tertiary/aromatic N) is 3. The SMILES string of the molecule is CC(NC(=O)N(CCO)C1CCc2ccccc21)c1cnn(C)c1. The largest absolute Gasteiger partial charge is 0.395 e. The van der Waals surface area contributed by atoms with Gasteiger partial charge in [-0.05, 0) is 30.9 Å². The van der Waals surface area contributed by atoms with Crippen LogP contribution in [0.5, 0.6) is 0 Å². The number of nitrogens with one attached hydrogen (secondary N) is 1. The molecule has 6 nitrogen and oxygen atoms in total. The Labute approximate surface area is 142 Å². The number of carbonyl (C=O) groups excluding carboxylic acids is 1. The van der Waals surface area contributed by atoms with Crippen LogP contribution in [0.2, 0.25) is 0 Å². The molecule has 2 unspecified atom stereocenters. The van der Waals surface area contributed by atoms with Crippen LogP contribution in [0.4, 0.5) is 4.79 Å². The summed E-state index contributed by atoms with van der Waals surface area (Å²) in [4.78, 5) is 14.5. The van der Waals surface area contributed by atoms with Gasteiger partial charge in [-0.15, -0.1) is 0 Å². The molecule has 0 radical (unpaired) electrons. The maximum atomic E-state index is 12.8. The number of aliphatic hydroxyl groups excluding tert-OH is 1. The van der Waals surface area contributed by atoms with Gasteiger partial charge in [0.1, 0.15) is 0 Å². The van der Waals surface area contributed by atoms with Crippen molar-refractivity contribution in [2.24, 2.45) is 7.05 Å². The molecule has 2 atom stereocenters. The van der Waals surface area contributed by atoms with E-state index in [-0.39, 0.29) is 24.7 Å². The minimum Gasteiger partial charge on any atom is -0.395 e. The number of urea groups is 1. The highest BCUT2D eigenvalue weighted by atomic mass is 16.3. The first kappa shape index (κ1) is 16.5. The predicted octanol–water partition coefficient (Wildman–Crippen LogP) is 2.17. The quantitative estimate of drug-likeness (QED) is 0.884. The first-order valence-corrected chi connectivity index (χ1v) is 8.34. The maximum absolute atomic E-state index is 12.8. The summed E-state index contributed by atoms with van der Waals surface area (Å²) in [7, 11) is 1.85.